The standard InChI is InChI=1S/C28H28N4O3S/c1-18-5-12-22(13-6-18)32-26(19-7-9-20(10-8-19)28(2,3)4)30-31-27(32)36-16-25(33)29-21-11-14-23-24(15-21)35-17-34-23/h5-15H,16-17H2,1-4H3,(H,29,33). The van der Waals surface area contributed by atoms with Gasteiger partial charge in [0.25, 0.3) is 0 Å². The van der Waals surface area contributed by atoms with E-state index >= 15 is 0 Å². The molecule has 2 heterocycles. The Morgan fingerprint density at radius 2 is 1.69 bits per heavy atom. The Bertz CT molecular complexity index is 1390. The van der Waals surface area contributed by atoms with Crippen LogP contribution in [0.1, 0.15) is 31.9 Å². The van der Waals surface area contributed by atoms with Gasteiger partial charge in [0.2, 0.25) is 12.7 Å². The molecule has 7 nitrogen and oxygen atoms in total. The van der Waals surface area contributed by atoms with Gasteiger partial charge in [-0.25, -0.2) is 0 Å². The topological polar surface area (TPSA) is 78.3 Å². The van der Waals surface area contributed by atoms with E-state index in [-0.39, 0.29) is 23.9 Å². The number of carbonyl (C=O) groups excluding carboxylic acids is 1. The van der Waals surface area contributed by atoms with Crippen LogP contribution in [0.4, 0.5) is 5.69 Å². The van der Waals surface area contributed by atoms with E-state index in [1.807, 2.05) is 16.7 Å². The lowest BCUT2D eigenvalue weighted by molar-refractivity contribution is -0.113. The summed E-state index contributed by atoms with van der Waals surface area (Å²) in [4.78, 5) is 12.7. The molecule has 36 heavy (non-hydrogen) atoms. The van der Waals surface area contributed by atoms with Crippen molar-refractivity contribution in [3.8, 4) is 28.6 Å². The molecule has 1 amide bonds. The zero-order valence-corrected chi connectivity index (χ0v) is 21.6. The first-order valence-electron chi connectivity index (χ1n) is 11.7. The highest BCUT2D eigenvalue weighted by Crippen LogP contribution is 2.34. The van der Waals surface area contributed by atoms with Crippen LogP contribution in [0.3, 0.4) is 0 Å². The third-order valence-electron chi connectivity index (χ3n) is 5.92. The zero-order valence-electron chi connectivity index (χ0n) is 20.7. The van der Waals surface area contributed by atoms with E-state index in [1.54, 1.807) is 18.2 Å². The van der Waals surface area contributed by atoms with Gasteiger partial charge in [0.1, 0.15) is 0 Å². The van der Waals surface area contributed by atoms with Gasteiger partial charge < -0.3 is 14.8 Å². The largest absolute Gasteiger partial charge is 0.454 e. The second-order valence-corrected chi connectivity index (χ2v) is 10.7. The van der Waals surface area contributed by atoms with Crippen LogP contribution in [0.15, 0.2) is 71.9 Å². The Morgan fingerprint density at radius 1 is 0.972 bits per heavy atom. The van der Waals surface area contributed by atoms with Crippen molar-refractivity contribution in [3.63, 3.8) is 0 Å². The van der Waals surface area contributed by atoms with Crippen LogP contribution in [-0.4, -0.2) is 33.2 Å². The first-order valence-corrected chi connectivity index (χ1v) is 12.7. The summed E-state index contributed by atoms with van der Waals surface area (Å²) < 4.78 is 12.7. The first kappa shape index (κ1) is 23.9. The summed E-state index contributed by atoms with van der Waals surface area (Å²) in [7, 11) is 0. The quantitative estimate of drug-likeness (QED) is 0.327. The molecule has 4 aromatic rings. The summed E-state index contributed by atoms with van der Waals surface area (Å²) >= 11 is 1.34. The lowest BCUT2D eigenvalue weighted by atomic mass is 9.87. The number of aromatic nitrogens is 3. The molecule has 0 saturated carbocycles. The summed E-state index contributed by atoms with van der Waals surface area (Å²) in [6.07, 6.45) is 0. The molecule has 1 aliphatic rings. The highest BCUT2D eigenvalue weighted by Gasteiger charge is 2.20. The second kappa shape index (κ2) is 9.70. The van der Waals surface area contributed by atoms with E-state index in [1.165, 1.54) is 22.9 Å². The molecule has 8 heteroatoms. The maximum atomic E-state index is 12.7. The smallest absolute Gasteiger partial charge is 0.234 e. The van der Waals surface area contributed by atoms with Crippen LogP contribution in [0.25, 0.3) is 17.1 Å². The fraction of sp³-hybridized carbons (Fsp3) is 0.250. The van der Waals surface area contributed by atoms with Crippen LogP contribution < -0.4 is 14.8 Å². The third-order valence-corrected chi connectivity index (χ3v) is 6.85. The predicted octanol–water partition coefficient (Wildman–Crippen LogP) is 6.00. The summed E-state index contributed by atoms with van der Waals surface area (Å²) in [6.45, 7) is 8.83. The van der Waals surface area contributed by atoms with Crippen molar-refractivity contribution in [2.45, 2.75) is 38.3 Å². The van der Waals surface area contributed by atoms with Gasteiger partial charge in [0, 0.05) is 23.0 Å². The molecule has 0 fully saturated rings. The van der Waals surface area contributed by atoms with E-state index in [4.69, 9.17) is 9.47 Å². The molecule has 3 aromatic carbocycles. The van der Waals surface area contributed by atoms with Crippen molar-refractivity contribution in [1.29, 1.82) is 0 Å². The second-order valence-electron chi connectivity index (χ2n) is 9.71. The van der Waals surface area contributed by atoms with Crippen LogP contribution in [-0.2, 0) is 10.2 Å². The lowest BCUT2D eigenvalue weighted by Gasteiger charge is -2.19. The number of anilines is 1. The molecule has 0 aliphatic carbocycles. The number of thioether (sulfide) groups is 1. The van der Waals surface area contributed by atoms with Gasteiger partial charge in [-0.1, -0.05) is 74.5 Å². The van der Waals surface area contributed by atoms with Crippen molar-refractivity contribution in [2.75, 3.05) is 17.9 Å². The summed E-state index contributed by atoms with van der Waals surface area (Å²) in [5.41, 5.74) is 5.05. The molecule has 0 unspecified atom stereocenters. The van der Waals surface area contributed by atoms with Gasteiger partial charge >= 0.3 is 0 Å². The average molecular weight is 501 g/mol. The van der Waals surface area contributed by atoms with E-state index < -0.39 is 0 Å². The van der Waals surface area contributed by atoms with Gasteiger partial charge in [-0.3, -0.25) is 9.36 Å². The number of benzene rings is 3. The number of amides is 1. The average Bonchev–Trinajstić information content (AvgIpc) is 3.49. The Kier molecular flexibility index (Phi) is 6.45. The van der Waals surface area contributed by atoms with Crippen LogP contribution in [0.5, 0.6) is 11.5 Å². The molecule has 0 bridgehead atoms. The fourth-order valence-corrected chi connectivity index (χ4v) is 4.65. The van der Waals surface area contributed by atoms with Crippen molar-refractivity contribution in [1.82, 2.24) is 14.8 Å². The van der Waals surface area contributed by atoms with Crippen molar-refractivity contribution in [2.24, 2.45) is 0 Å². The molecule has 0 spiro atoms. The molecule has 0 saturated heterocycles. The SMILES string of the molecule is Cc1ccc(-n2c(SCC(=O)Nc3ccc4c(c3)OCO4)nnc2-c2ccc(C(C)(C)C)cc2)cc1. The number of nitrogens with one attached hydrogen (secondary N) is 1. The van der Waals surface area contributed by atoms with Gasteiger partial charge in [0.05, 0.1) is 5.75 Å². The van der Waals surface area contributed by atoms with Crippen molar-refractivity contribution < 1.29 is 14.3 Å². The number of nitrogens with zero attached hydrogens (tertiary/aromatic N) is 3. The van der Waals surface area contributed by atoms with E-state index in [0.29, 0.717) is 22.3 Å². The molecular weight excluding hydrogens is 472 g/mol. The van der Waals surface area contributed by atoms with Crippen molar-refractivity contribution >= 4 is 23.4 Å². The number of ether oxygens (including phenoxy) is 2. The molecule has 184 valence electrons. The number of hydrogen-bond donors (Lipinski definition) is 1. The lowest BCUT2D eigenvalue weighted by Crippen LogP contribution is -2.14. The van der Waals surface area contributed by atoms with Crippen LogP contribution >= 0.6 is 11.8 Å². The molecule has 1 aliphatic heterocycles. The Balaban J connectivity index is 1.39. The van der Waals surface area contributed by atoms with Crippen LogP contribution in [0, 0.1) is 6.92 Å². The molecule has 0 atom stereocenters. The van der Waals surface area contributed by atoms with Gasteiger partial charge in [0.15, 0.2) is 22.5 Å². The van der Waals surface area contributed by atoms with E-state index in [2.05, 4.69) is 79.6 Å². The minimum atomic E-state index is -0.145. The molecule has 1 aromatic heterocycles. The fourth-order valence-electron chi connectivity index (χ4n) is 3.90. The summed E-state index contributed by atoms with van der Waals surface area (Å²) in [5, 5.41) is 12.5. The molecule has 1 N–H and O–H groups in total. The van der Waals surface area contributed by atoms with Crippen LogP contribution in [0.2, 0.25) is 0 Å². The highest BCUT2D eigenvalue weighted by molar-refractivity contribution is 7.99. The van der Waals surface area contributed by atoms with Gasteiger partial charge in [-0.2, -0.15) is 0 Å². The number of fused-ring (bicyclic) bond motifs is 1. The molecule has 5 rings (SSSR count). The predicted molar refractivity (Wildman–Crippen MR) is 142 cm³/mol. The summed E-state index contributed by atoms with van der Waals surface area (Å²) in [5.74, 6) is 2.08. The Hall–Kier alpha value is -3.78. The molecular formula is C28H28N4O3S. The maximum Gasteiger partial charge on any atom is 0.234 e. The maximum absolute atomic E-state index is 12.7. The number of rotatable bonds is 6. The summed E-state index contributed by atoms with van der Waals surface area (Å²) in [6, 6.07) is 22.0. The van der Waals surface area contributed by atoms with E-state index in [9.17, 15) is 4.79 Å². The van der Waals surface area contributed by atoms with E-state index in [0.717, 1.165) is 17.1 Å². The minimum absolute atomic E-state index is 0.0650. The highest BCUT2D eigenvalue weighted by atomic mass is 32.2. The van der Waals surface area contributed by atoms with Crippen molar-refractivity contribution in [3.05, 3.63) is 77.9 Å². The number of carbonyl (C=O) groups is 1. The zero-order chi connectivity index (χ0) is 25.3. The minimum Gasteiger partial charge on any atom is -0.454 e. The van der Waals surface area contributed by atoms with Gasteiger partial charge in [-0.05, 0) is 42.2 Å². The number of hydrogen-bond acceptors (Lipinski definition) is 6. The normalized spacial score (nSPS) is 12.6. The Morgan fingerprint density at radius 3 is 2.42 bits per heavy atom. The first-order chi connectivity index (χ1) is 17.3. The third kappa shape index (κ3) is 5.09. The monoisotopic (exact) mass is 500 g/mol. The molecule has 0 radical (unpaired) electrons. The van der Waals surface area contributed by atoms with Gasteiger partial charge in [-0.15, -0.1) is 10.2 Å². The Labute approximate surface area is 214 Å². The number of aryl methyl sites for hydroxylation is 1.